The molecule has 2 fully saturated rings. The van der Waals surface area contributed by atoms with E-state index in [0.29, 0.717) is 31.1 Å². The Balaban J connectivity index is 2.05. The van der Waals surface area contributed by atoms with Crippen molar-refractivity contribution in [3.8, 4) is 0 Å². The molecule has 0 aromatic rings. The van der Waals surface area contributed by atoms with Crippen molar-refractivity contribution < 1.29 is 14.7 Å². The summed E-state index contributed by atoms with van der Waals surface area (Å²) in [6, 6.07) is -0.643. The van der Waals surface area contributed by atoms with Crippen LogP contribution in [-0.4, -0.2) is 45.6 Å². The largest absolute Gasteiger partial charge is 0.480 e. The van der Waals surface area contributed by atoms with Crippen molar-refractivity contribution in [3.63, 3.8) is 0 Å². The molecule has 1 heterocycles. The molecule has 2 rings (SSSR count). The van der Waals surface area contributed by atoms with Crippen molar-refractivity contribution in [2.75, 3.05) is 12.3 Å². The van der Waals surface area contributed by atoms with E-state index in [-0.39, 0.29) is 11.3 Å². The van der Waals surface area contributed by atoms with Gasteiger partial charge in [0.05, 0.1) is 5.37 Å². The molecular weight excluding hydrogens is 240 g/mol. The zero-order valence-electron chi connectivity index (χ0n) is 9.67. The lowest BCUT2D eigenvalue weighted by Crippen LogP contribution is -2.46. The molecule has 17 heavy (non-hydrogen) atoms. The third-order valence-electron chi connectivity index (χ3n) is 3.23. The lowest BCUT2D eigenvalue weighted by atomic mass is 10.2. The molecular formula is C11H18N2O3S. The van der Waals surface area contributed by atoms with E-state index in [2.05, 4.69) is 0 Å². The molecule has 0 radical (unpaired) electrons. The van der Waals surface area contributed by atoms with E-state index >= 15 is 0 Å². The molecule has 0 spiro atoms. The highest BCUT2D eigenvalue weighted by molar-refractivity contribution is 8.00. The van der Waals surface area contributed by atoms with E-state index in [9.17, 15) is 9.59 Å². The summed E-state index contributed by atoms with van der Waals surface area (Å²) in [5, 5.41) is 9.23. The summed E-state index contributed by atoms with van der Waals surface area (Å²) in [5.41, 5.74) is 5.38. The number of carboxylic acid groups (broad SMARTS) is 1. The molecule has 2 atom stereocenters. The number of amides is 1. The van der Waals surface area contributed by atoms with Gasteiger partial charge >= 0.3 is 5.97 Å². The Kier molecular flexibility index (Phi) is 3.93. The molecule has 0 aromatic heterocycles. The maximum atomic E-state index is 12.1. The van der Waals surface area contributed by atoms with Crippen LogP contribution in [0.15, 0.2) is 0 Å². The number of carboxylic acids is 1. The lowest BCUT2D eigenvalue weighted by Gasteiger charge is -2.27. The van der Waals surface area contributed by atoms with Crippen LogP contribution in [0.4, 0.5) is 0 Å². The van der Waals surface area contributed by atoms with Crippen LogP contribution < -0.4 is 5.73 Å². The molecule has 1 saturated heterocycles. The number of hydrogen-bond donors (Lipinski definition) is 2. The fraction of sp³-hybridized carbons (Fsp3) is 0.818. The Bertz CT molecular complexity index is 320. The summed E-state index contributed by atoms with van der Waals surface area (Å²) in [6.07, 6.45) is 3.23. The number of hydrogen-bond acceptors (Lipinski definition) is 4. The first-order chi connectivity index (χ1) is 8.15. The van der Waals surface area contributed by atoms with Gasteiger partial charge in [-0.05, 0) is 31.7 Å². The molecule has 0 bridgehead atoms. The molecule has 1 amide bonds. The van der Waals surface area contributed by atoms with Crippen LogP contribution in [0.1, 0.15) is 25.7 Å². The van der Waals surface area contributed by atoms with Gasteiger partial charge in [-0.1, -0.05) is 0 Å². The maximum Gasteiger partial charge on any atom is 0.327 e. The molecule has 1 saturated carbocycles. The van der Waals surface area contributed by atoms with Crippen LogP contribution >= 0.6 is 11.8 Å². The minimum absolute atomic E-state index is 0.0512. The predicted octanol–water partition coefficient (Wildman–Crippen LogP) is 0.490. The number of rotatable bonds is 5. The zero-order chi connectivity index (χ0) is 12.4. The van der Waals surface area contributed by atoms with Crippen molar-refractivity contribution in [1.82, 2.24) is 4.90 Å². The summed E-state index contributed by atoms with van der Waals surface area (Å²) in [7, 11) is 0. The number of nitrogens with two attached hydrogens (primary N) is 1. The van der Waals surface area contributed by atoms with Gasteiger partial charge < -0.3 is 15.7 Å². The molecule has 1 aliphatic carbocycles. The Morgan fingerprint density at radius 1 is 1.41 bits per heavy atom. The monoisotopic (exact) mass is 258 g/mol. The summed E-state index contributed by atoms with van der Waals surface area (Å²) < 4.78 is 0. The van der Waals surface area contributed by atoms with Gasteiger partial charge in [-0.2, -0.15) is 0 Å². The smallest absolute Gasteiger partial charge is 0.327 e. The fourth-order valence-corrected chi connectivity index (χ4v) is 3.81. The third kappa shape index (κ3) is 2.74. The highest BCUT2D eigenvalue weighted by atomic mass is 32.2. The van der Waals surface area contributed by atoms with E-state index in [1.54, 1.807) is 16.7 Å². The summed E-state index contributed by atoms with van der Waals surface area (Å²) in [6.45, 7) is 0.471. The minimum atomic E-state index is -0.887. The Hall–Kier alpha value is -0.750. The zero-order valence-corrected chi connectivity index (χ0v) is 10.5. The highest BCUT2D eigenvalue weighted by Gasteiger charge is 2.47. The van der Waals surface area contributed by atoms with E-state index in [1.807, 2.05) is 0 Å². The summed E-state index contributed by atoms with van der Waals surface area (Å²) in [4.78, 5) is 24.8. The topological polar surface area (TPSA) is 83.6 Å². The Morgan fingerprint density at radius 3 is 2.65 bits per heavy atom. The van der Waals surface area contributed by atoms with Gasteiger partial charge in [-0.3, -0.25) is 4.79 Å². The van der Waals surface area contributed by atoms with E-state index in [0.717, 1.165) is 12.8 Å². The lowest BCUT2D eigenvalue weighted by molar-refractivity contribution is -0.149. The average Bonchev–Trinajstić information content (AvgIpc) is 3.04. The Morgan fingerprint density at radius 2 is 2.12 bits per heavy atom. The van der Waals surface area contributed by atoms with E-state index in [4.69, 9.17) is 10.8 Å². The maximum absolute atomic E-state index is 12.1. The normalized spacial score (nSPS) is 28.4. The van der Waals surface area contributed by atoms with Crippen LogP contribution in [0.25, 0.3) is 0 Å². The Labute approximate surface area is 105 Å². The van der Waals surface area contributed by atoms with Gasteiger partial charge in [0.2, 0.25) is 5.91 Å². The van der Waals surface area contributed by atoms with Gasteiger partial charge in [0.25, 0.3) is 0 Å². The molecule has 1 aliphatic heterocycles. The summed E-state index contributed by atoms with van der Waals surface area (Å²) >= 11 is 1.61. The second-order valence-corrected chi connectivity index (χ2v) is 5.76. The van der Waals surface area contributed by atoms with Gasteiger partial charge in [-0.25, -0.2) is 4.79 Å². The van der Waals surface area contributed by atoms with Gasteiger partial charge in [0.15, 0.2) is 0 Å². The van der Waals surface area contributed by atoms with Crippen molar-refractivity contribution in [2.24, 2.45) is 11.7 Å². The van der Waals surface area contributed by atoms with Crippen LogP contribution in [-0.2, 0) is 9.59 Å². The van der Waals surface area contributed by atoms with Crippen molar-refractivity contribution in [2.45, 2.75) is 37.1 Å². The summed E-state index contributed by atoms with van der Waals surface area (Å²) in [5.74, 6) is 0.0860. The van der Waals surface area contributed by atoms with Crippen LogP contribution in [0.2, 0.25) is 0 Å². The molecule has 2 aliphatic rings. The molecule has 0 aromatic carbocycles. The first-order valence-corrected chi connectivity index (χ1v) is 7.05. The number of carbonyl (C=O) groups is 2. The van der Waals surface area contributed by atoms with Gasteiger partial charge in [0, 0.05) is 12.2 Å². The quantitative estimate of drug-likeness (QED) is 0.750. The van der Waals surface area contributed by atoms with E-state index < -0.39 is 12.0 Å². The minimum Gasteiger partial charge on any atom is -0.480 e. The van der Waals surface area contributed by atoms with Crippen molar-refractivity contribution in [1.29, 1.82) is 0 Å². The number of aliphatic carboxylic acids is 1. The fourth-order valence-electron chi connectivity index (χ4n) is 2.16. The SMILES string of the molecule is NCCCC(=O)N1C(C(=O)O)CSC1C1CC1. The van der Waals surface area contributed by atoms with Gasteiger partial charge in [0.1, 0.15) is 6.04 Å². The highest BCUT2D eigenvalue weighted by Crippen LogP contribution is 2.45. The number of thioether (sulfide) groups is 1. The van der Waals surface area contributed by atoms with Crippen LogP contribution in [0.3, 0.4) is 0 Å². The number of nitrogens with zero attached hydrogens (tertiary/aromatic N) is 1. The van der Waals surface area contributed by atoms with Crippen LogP contribution in [0, 0.1) is 5.92 Å². The molecule has 96 valence electrons. The standard InChI is InChI=1S/C11H18N2O3S/c12-5-1-2-9(14)13-8(11(15)16)6-17-10(13)7-3-4-7/h7-8,10H,1-6,12H2,(H,15,16). The molecule has 5 nitrogen and oxygen atoms in total. The van der Waals surface area contributed by atoms with Crippen molar-refractivity contribution in [3.05, 3.63) is 0 Å². The second kappa shape index (κ2) is 5.27. The van der Waals surface area contributed by atoms with Crippen LogP contribution in [0.5, 0.6) is 0 Å². The molecule has 2 unspecified atom stereocenters. The number of carbonyl (C=O) groups excluding carboxylic acids is 1. The van der Waals surface area contributed by atoms with Crippen molar-refractivity contribution >= 4 is 23.6 Å². The second-order valence-electron chi connectivity index (χ2n) is 4.61. The first kappa shape index (κ1) is 12.7. The molecule has 3 N–H and O–H groups in total. The first-order valence-electron chi connectivity index (χ1n) is 6.00. The molecule has 6 heteroatoms. The van der Waals surface area contributed by atoms with Gasteiger partial charge in [-0.15, -0.1) is 11.8 Å². The third-order valence-corrected chi connectivity index (χ3v) is 4.69. The van der Waals surface area contributed by atoms with E-state index in [1.165, 1.54) is 0 Å². The average molecular weight is 258 g/mol. The predicted molar refractivity (Wildman–Crippen MR) is 65.5 cm³/mol.